The molecule has 3 aromatic rings. The Morgan fingerprint density at radius 1 is 1.04 bits per heavy atom. The molecule has 3 rings (SSSR count). The average molecular weight is 320 g/mol. The van der Waals surface area contributed by atoms with Crippen molar-refractivity contribution in [1.82, 2.24) is 9.97 Å². The predicted molar refractivity (Wildman–Crippen MR) is 92.7 cm³/mol. The van der Waals surface area contributed by atoms with E-state index in [1.165, 1.54) is 6.20 Å². The van der Waals surface area contributed by atoms with Gasteiger partial charge in [-0.05, 0) is 36.4 Å². The molecule has 1 aromatic carbocycles. The van der Waals surface area contributed by atoms with Crippen molar-refractivity contribution in [1.29, 1.82) is 0 Å². The molecule has 0 bridgehead atoms. The van der Waals surface area contributed by atoms with Crippen molar-refractivity contribution in [2.75, 3.05) is 17.7 Å². The zero-order valence-corrected chi connectivity index (χ0v) is 13.1. The van der Waals surface area contributed by atoms with E-state index in [-0.39, 0.29) is 5.91 Å². The molecule has 2 N–H and O–H groups in total. The zero-order valence-electron chi connectivity index (χ0n) is 13.1. The first-order chi connectivity index (χ1) is 11.8. The number of para-hydroxylation sites is 2. The minimum Gasteiger partial charge on any atom is -0.495 e. The summed E-state index contributed by atoms with van der Waals surface area (Å²) in [6.45, 7) is 0. The number of benzene rings is 1. The molecule has 24 heavy (non-hydrogen) atoms. The minimum absolute atomic E-state index is 0.249. The standard InChI is InChI=1S/C18H16N4O2/c1-24-16-7-3-2-6-15(16)21-14-8-9-17(20-12-14)22-18(23)13-5-4-10-19-11-13/h2-12,21H,1H3,(H,20,22,23). The van der Waals surface area contributed by atoms with E-state index < -0.39 is 0 Å². The molecule has 6 heteroatoms. The molecule has 0 aliphatic heterocycles. The van der Waals surface area contributed by atoms with E-state index in [0.29, 0.717) is 11.4 Å². The van der Waals surface area contributed by atoms with Crippen molar-refractivity contribution < 1.29 is 9.53 Å². The maximum Gasteiger partial charge on any atom is 0.258 e. The molecule has 2 heterocycles. The van der Waals surface area contributed by atoms with E-state index in [1.54, 1.807) is 37.7 Å². The molecule has 120 valence electrons. The summed E-state index contributed by atoms with van der Waals surface area (Å²) in [4.78, 5) is 20.2. The molecule has 0 spiro atoms. The third kappa shape index (κ3) is 3.67. The second kappa shape index (κ2) is 7.23. The van der Waals surface area contributed by atoms with Gasteiger partial charge >= 0.3 is 0 Å². The summed E-state index contributed by atoms with van der Waals surface area (Å²) in [6, 6.07) is 14.6. The number of methoxy groups -OCH3 is 1. The minimum atomic E-state index is -0.249. The van der Waals surface area contributed by atoms with Crippen molar-refractivity contribution in [3.05, 3.63) is 72.7 Å². The average Bonchev–Trinajstić information content (AvgIpc) is 2.64. The Labute approximate surface area is 139 Å². The number of ether oxygens (including phenoxy) is 1. The molecule has 0 atom stereocenters. The van der Waals surface area contributed by atoms with E-state index in [1.807, 2.05) is 30.3 Å². The number of hydrogen-bond donors (Lipinski definition) is 2. The van der Waals surface area contributed by atoms with Crippen LogP contribution in [0.5, 0.6) is 5.75 Å². The van der Waals surface area contributed by atoms with Crippen LogP contribution >= 0.6 is 0 Å². The Hall–Kier alpha value is -3.41. The number of carbonyl (C=O) groups excluding carboxylic acids is 1. The fourth-order valence-electron chi connectivity index (χ4n) is 2.13. The third-order valence-electron chi connectivity index (χ3n) is 3.31. The fraction of sp³-hybridized carbons (Fsp3) is 0.0556. The van der Waals surface area contributed by atoms with Crippen LogP contribution in [0.3, 0.4) is 0 Å². The summed E-state index contributed by atoms with van der Waals surface area (Å²) in [7, 11) is 1.62. The Kier molecular flexibility index (Phi) is 4.67. The van der Waals surface area contributed by atoms with Gasteiger partial charge in [0.05, 0.1) is 30.2 Å². The maximum atomic E-state index is 12.1. The first kappa shape index (κ1) is 15.5. The number of pyridine rings is 2. The molecule has 0 unspecified atom stereocenters. The van der Waals surface area contributed by atoms with Crippen LogP contribution in [0.2, 0.25) is 0 Å². The van der Waals surface area contributed by atoms with E-state index in [2.05, 4.69) is 20.6 Å². The normalized spacial score (nSPS) is 10.0. The van der Waals surface area contributed by atoms with Gasteiger partial charge in [0.25, 0.3) is 5.91 Å². The van der Waals surface area contributed by atoms with Gasteiger partial charge in [-0.1, -0.05) is 12.1 Å². The number of hydrogen-bond acceptors (Lipinski definition) is 5. The van der Waals surface area contributed by atoms with E-state index in [9.17, 15) is 4.79 Å². The first-order valence-electron chi connectivity index (χ1n) is 7.34. The largest absolute Gasteiger partial charge is 0.495 e. The van der Waals surface area contributed by atoms with Crippen LogP contribution in [-0.4, -0.2) is 23.0 Å². The monoisotopic (exact) mass is 320 g/mol. The zero-order chi connectivity index (χ0) is 16.8. The molecule has 0 saturated carbocycles. The lowest BCUT2D eigenvalue weighted by Gasteiger charge is -2.11. The highest BCUT2D eigenvalue weighted by molar-refractivity contribution is 6.03. The van der Waals surface area contributed by atoms with Gasteiger partial charge in [0.1, 0.15) is 11.6 Å². The quantitative estimate of drug-likeness (QED) is 0.752. The van der Waals surface area contributed by atoms with Crippen molar-refractivity contribution in [2.24, 2.45) is 0 Å². The molecule has 0 fully saturated rings. The molecule has 1 amide bonds. The number of anilines is 3. The Morgan fingerprint density at radius 2 is 1.92 bits per heavy atom. The van der Waals surface area contributed by atoms with Crippen LogP contribution in [0.1, 0.15) is 10.4 Å². The predicted octanol–water partition coefficient (Wildman–Crippen LogP) is 3.48. The van der Waals surface area contributed by atoms with Crippen LogP contribution in [0.15, 0.2) is 67.1 Å². The molecule has 0 saturated heterocycles. The highest BCUT2D eigenvalue weighted by Gasteiger charge is 2.07. The molecule has 0 aliphatic carbocycles. The second-order valence-corrected chi connectivity index (χ2v) is 4.95. The molecule has 0 radical (unpaired) electrons. The molecule has 2 aromatic heterocycles. The molecular formula is C18H16N4O2. The van der Waals surface area contributed by atoms with Crippen LogP contribution in [-0.2, 0) is 0 Å². The number of nitrogens with one attached hydrogen (secondary N) is 2. The Balaban J connectivity index is 1.68. The third-order valence-corrected chi connectivity index (χ3v) is 3.31. The number of nitrogens with zero attached hydrogens (tertiary/aromatic N) is 2. The molecule has 0 aliphatic rings. The summed E-state index contributed by atoms with van der Waals surface area (Å²) in [6.07, 6.45) is 4.77. The van der Waals surface area contributed by atoms with E-state index >= 15 is 0 Å². The highest BCUT2D eigenvalue weighted by atomic mass is 16.5. The van der Waals surface area contributed by atoms with E-state index in [0.717, 1.165) is 17.1 Å². The van der Waals surface area contributed by atoms with Crippen molar-refractivity contribution in [3.63, 3.8) is 0 Å². The van der Waals surface area contributed by atoms with Crippen LogP contribution in [0.4, 0.5) is 17.2 Å². The van der Waals surface area contributed by atoms with Gasteiger partial charge in [-0.15, -0.1) is 0 Å². The van der Waals surface area contributed by atoms with Gasteiger partial charge in [-0.3, -0.25) is 9.78 Å². The lowest BCUT2D eigenvalue weighted by atomic mass is 10.2. The first-order valence-corrected chi connectivity index (χ1v) is 7.34. The SMILES string of the molecule is COc1ccccc1Nc1ccc(NC(=O)c2cccnc2)nc1. The molecular weight excluding hydrogens is 304 g/mol. The van der Waals surface area contributed by atoms with Crippen molar-refractivity contribution in [3.8, 4) is 5.75 Å². The van der Waals surface area contributed by atoms with Gasteiger partial charge in [-0.2, -0.15) is 0 Å². The summed E-state index contributed by atoms with van der Waals surface area (Å²) < 4.78 is 5.30. The second-order valence-electron chi connectivity index (χ2n) is 4.95. The van der Waals surface area contributed by atoms with Crippen molar-refractivity contribution in [2.45, 2.75) is 0 Å². The van der Waals surface area contributed by atoms with Crippen LogP contribution in [0.25, 0.3) is 0 Å². The van der Waals surface area contributed by atoms with E-state index in [4.69, 9.17) is 4.74 Å². The lowest BCUT2D eigenvalue weighted by molar-refractivity contribution is 0.102. The van der Waals surface area contributed by atoms with Gasteiger partial charge < -0.3 is 15.4 Å². The number of amides is 1. The summed E-state index contributed by atoms with van der Waals surface area (Å²) in [5, 5.41) is 5.95. The summed E-state index contributed by atoms with van der Waals surface area (Å²) >= 11 is 0. The van der Waals surface area contributed by atoms with Crippen molar-refractivity contribution >= 4 is 23.1 Å². The molecule has 6 nitrogen and oxygen atoms in total. The summed E-state index contributed by atoms with van der Waals surface area (Å²) in [5.41, 5.74) is 2.11. The van der Waals surface area contributed by atoms with Crippen LogP contribution in [0, 0.1) is 0 Å². The topological polar surface area (TPSA) is 76.1 Å². The Morgan fingerprint density at radius 3 is 2.62 bits per heavy atom. The number of carbonyl (C=O) groups is 1. The number of rotatable bonds is 5. The van der Waals surface area contributed by atoms with Gasteiger partial charge in [0, 0.05) is 12.4 Å². The highest BCUT2D eigenvalue weighted by Crippen LogP contribution is 2.26. The summed E-state index contributed by atoms with van der Waals surface area (Å²) in [5.74, 6) is 0.960. The fourth-order valence-corrected chi connectivity index (χ4v) is 2.13. The van der Waals surface area contributed by atoms with Gasteiger partial charge in [-0.25, -0.2) is 4.98 Å². The lowest BCUT2D eigenvalue weighted by Crippen LogP contribution is -2.13. The smallest absolute Gasteiger partial charge is 0.258 e. The maximum absolute atomic E-state index is 12.1. The Bertz CT molecular complexity index is 820. The van der Waals surface area contributed by atoms with Gasteiger partial charge in [0.2, 0.25) is 0 Å². The van der Waals surface area contributed by atoms with Crippen LogP contribution < -0.4 is 15.4 Å². The number of aromatic nitrogens is 2. The van der Waals surface area contributed by atoms with Gasteiger partial charge in [0.15, 0.2) is 0 Å².